The average Bonchev–Trinajstić information content (AvgIpc) is 2.73. The Morgan fingerprint density at radius 1 is 1.41 bits per heavy atom. The van der Waals surface area contributed by atoms with Crippen molar-refractivity contribution in [2.24, 2.45) is 0 Å². The normalized spacial score (nSPS) is 11.4. The number of aromatic nitrogens is 2. The largest absolute Gasteiger partial charge is 0.396 e. The zero-order valence-electron chi connectivity index (χ0n) is 8.29. The van der Waals surface area contributed by atoms with Crippen molar-refractivity contribution in [3.8, 4) is 0 Å². The van der Waals surface area contributed by atoms with Crippen LogP contribution in [0.3, 0.4) is 0 Å². The molecule has 2 rings (SSSR count). The van der Waals surface area contributed by atoms with Gasteiger partial charge >= 0.3 is 0 Å². The van der Waals surface area contributed by atoms with Gasteiger partial charge in [0.15, 0.2) is 10.2 Å². The molecule has 6 nitrogen and oxygen atoms in total. The van der Waals surface area contributed by atoms with Crippen molar-refractivity contribution in [2.45, 2.75) is 5.03 Å². The fourth-order valence-electron chi connectivity index (χ4n) is 1.01. The van der Waals surface area contributed by atoms with E-state index >= 15 is 0 Å². The van der Waals surface area contributed by atoms with E-state index in [0.29, 0.717) is 0 Å². The lowest BCUT2D eigenvalue weighted by Gasteiger charge is -2.05. The van der Waals surface area contributed by atoms with Gasteiger partial charge in [-0.3, -0.25) is 4.72 Å². The van der Waals surface area contributed by atoms with Gasteiger partial charge in [-0.25, -0.2) is 9.97 Å². The van der Waals surface area contributed by atoms with Gasteiger partial charge in [-0.15, -0.1) is 11.3 Å². The number of anilines is 2. The van der Waals surface area contributed by atoms with Crippen LogP contribution >= 0.6 is 22.9 Å². The van der Waals surface area contributed by atoms with Crippen LogP contribution in [0.5, 0.6) is 0 Å². The molecule has 0 atom stereocenters. The second-order valence-electron chi connectivity index (χ2n) is 2.99. The van der Waals surface area contributed by atoms with E-state index in [0.717, 1.165) is 11.3 Å². The number of hydrogen-bond acceptors (Lipinski definition) is 6. The van der Waals surface area contributed by atoms with Gasteiger partial charge in [0.25, 0.3) is 10.0 Å². The van der Waals surface area contributed by atoms with Gasteiger partial charge in [0.2, 0.25) is 0 Å². The second kappa shape index (κ2) is 4.47. The lowest BCUT2D eigenvalue weighted by molar-refractivity contribution is 0.597. The molecule has 2 aromatic rings. The highest BCUT2D eigenvalue weighted by molar-refractivity contribution is 7.92. The molecule has 2 aromatic heterocycles. The highest BCUT2D eigenvalue weighted by atomic mass is 35.5. The van der Waals surface area contributed by atoms with E-state index in [1.807, 2.05) is 0 Å². The van der Waals surface area contributed by atoms with Crippen molar-refractivity contribution in [2.75, 3.05) is 10.5 Å². The predicted octanol–water partition coefficient (Wildman–Crippen LogP) is 1.57. The van der Waals surface area contributed by atoms with Crippen LogP contribution in [0.4, 0.5) is 10.8 Å². The van der Waals surface area contributed by atoms with Crippen molar-refractivity contribution in [1.29, 1.82) is 0 Å². The Hall–Kier alpha value is -1.38. The van der Waals surface area contributed by atoms with Crippen molar-refractivity contribution in [3.05, 3.63) is 28.9 Å². The van der Waals surface area contributed by atoms with E-state index in [1.54, 1.807) is 5.38 Å². The van der Waals surface area contributed by atoms with Gasteiger partial charge in [-0.05, 0) is 6.07 Å². The fourth-order valence-corrected chi connectivity index (χ4v) is 2.97. The lowest BCUT2D eigenvalue weighted by atomic mass is 10.4. The number of rotatable bonds is 3. The molecular weight excluding hydrogens is 284 g/mol. The van der Waals surface area contributed by atoms with Crippen LogP contribution in [0, 0.1) is 0 Å². The molecule has 0 radical (unpaired) electrons. The average molecular weight is 291 g/mol. The lowest BCUT2D eigenvalue weighted by Crippen LogP contribution is -2.14. The van der Waals surface area contributed by atoms with Crippen LogP contribution in [0.15, 0.2) is 28.9 Å². The van der Waals surface area contributed by atoms with Crippen LogP contribution in [-0.4, -0.2) is 18.4 Å². The number of pyridine rings is 1. The number of halogens is 1. The van der Waals surface area contributed by atoms with Crippen molar-refractivity contribution in [3.63, 3.8) is 0 Å². The molecule has 0 aliphatic rings. The van der Waals surface area contributed by atoms with E-state index in [1.165, 1.54) is 18.5 Å². The number of hydrogen-bond donors (Lipinski definition) is 2. The molecule has 0 unspecified atom stereocenters. The summed E-state index contributed by atoms with van der Waals surface area (Å²) in [7, 11) is -3.78. The third-order valence-corrected chi connectivity index (χ3v) is 4.17. The van der Waals surface area contributed by atoms with Gasteiger partial charge in [0.1, 0.15) is 0 Å². The van der Waals surface area contributed by atoms with E-state index in [4.69, 9.17) is 17.3 Å². The summed E-state index contributed by atoms with van der Waals surface area (Å²) in [5, 5.41) is 1.85. The van der Waals surface area contributed by atoms with Gasteiger partial charge in [0.05, 0.1) is 16.9 Å². The minimum Gasteiger partial charge on any atom is -0.396 e. The first-order chi connectivity index (χ1) is 7.99. The molecular formula is C8H7ClN4O2S2. The summed E-state index contributed by atoms with van der Waals surface area (Å²) in [6.45, 7) is 0. The van der Waals surface area contributed by atoms with E-state index in [-0.39, 0.29) is 20.9 Å². The molecule has 0 saturated carbocycles. The Balaban J connectivity index is 2.35. The maximum Gasteiger partial charge on any atom is 0.281 e. The monoisotopic (exact) mass is 290 g/mol. The first-order valence-electron chi connectivity index (χ1n) is 4.32. The number of thiazole rings is 1. The number of sulfonamides is 1. The summed E-state index contributed by atoms with van der Waals surface area (Å²) in [6.07, 6.45) is 2.69. The van der Waals surface area contributed by atoms with Crippen LogP contribution in [0.2, 0.25) is 5.02 Å². The van der Waals surface area contributed by atoms with Gasteiger partial charge < -0.3 is 5.73 Å². The smallest absolute Gasteiger partial charge is 0.281 e. The highest BCUT2D eigenvalue weighted by Crippen LogP contribution is 2.22. The molecule has 0 aliphatic carbocycles. The van der Waals surface area contributed by atoms with E-state index in [2.05, 4.69) is 14.7 Å². The molecule has 0 fully saturated rings. The Labute approximate surface area is 107 Å². The third kappa shape index (κ3) is 2.65. The van der Waals surface area contributed by atoms with Crippen LogP contribution < -0.4 is 10.5 Å². The van der Waals surface area contributed by atoms with Crippen LogP contribution in [-0.2, 0) is 10.0 Å². The summed E-state index contributed by atoms with van der Waals surface area (Å²) >= 11 is 6.90. The predicted molar refractivity (Wildman–Crippen MR) is 66.6 cm³/mol. The van der Waals surface area contributed by atoms with Gasteiger partial charge in [-0.1, -0.05) is 11.6 Å². The first kappa shape index (κ1) is 12.1. The molecule has 0 aliphatic heterocycles. The molecule has 0 saturated heterocycles. The summed E-state index contributed by atoms with van der Waals surface area (Å²) < 4.78 is 26.0. The molecule has 2 heterocycles. The summed E-state index contributed by atoms with van der Waals surface area (Å²) in [5.74, 6) is 0. The standard InChI is InChI=1S/C8H7ClN4O2S2/c9-5-3-7(12-4-6(5)10)17(14,15)13-8-11-1-2-16-8/h1-4H,10H2,(H,11,13). The number of nitrogens with zero attached hydrogens (tertiary/aromatic N) is 2. The molecule has 0 bridgehead atoms. The molecule has 0 spiro atoms. The van der Waals surface area contributed by atoms with E-state index in [9.17, 15) is 8.42 Å². The Kier molecular flexibility index (Phi) is 3.18. The van der Waals surface area contributed by atoms with Crippen molar-refractivity contribution >= 4 is 43.8 Å². The molecule has 9 heteroatoms. The zero-order valence-corrected chi connectivity index (χ0v) is 10.7. The van der Waals surface area contributed by atoms with Crippen molar-refractivity contribution < 1.29 is 8.42 Å². The fraction of sp³-hybridized carbons (Fsp3) is 0. The molecule has 0 aromatic carbocycles. The molecule has 3 N–H and O–H groups in total. The van der Waals surface area contributed by atoms with E-state index < -0.39 is 10.0 Å². The number of nitrogens with one attached hydrogen (secondary N) is 1. The third-order valence-electron chi connectivity index (χ3n) is 1.79. The molecule has 17 heavy (non-hydrogen) atoms. The SMILES string of the molecule is Nc1cnc(S(=O)(=O)Nc2nccs2)cc1Cl. The number of nitrogen functional groups attached to an aromatic ring is 1. The summed E-state index contributed by atoms with van der Waals surface area (Å²) in [5.41, 5.74) is 5.67. The van der Waals surface area contributed by atoms with Crippen LogP contribution in [0.1, 0.15) is 0 Å². The molecule has 0 amide bonds. The Morgan fingerprint density at radius 3 is 2.76 bits per heavy atom. The van der Waals surface area contributed by atoms with Crippen molar-refractivity contribution in [1.82, 2.24) is 9.97 Å². The molecule has 90 valence electrons. The summed E-state index contributed by atoms with van der Waals surface area (Å²) in [4.78, 5) is 7.52. The first-order valence-corrected chi connectivity index (χ1v) is 7.06. The topological polar surface area (TPSA) is 98.0 Å². The van der Waals surface area contributed by atoms with Gasteiger partial charge in [-0.2, -0.15) is 8.42 Å². The van der Waals surface area contributed by atoms with Crippen LogP contribution in [0.25, 0.3) is 0 Å². The number of nitrogens with two attached hydrogens (primary N) is 1. The minimum atomic E-state index is -3.78. The zero-order chi connectivity index (χ0) is 12.5. The second-order valence-corrected chi connectivity index (χ2v) is 5.92. The summed E-state index contributed by atoms with van der Waals surface area (Å²) in [6, 6.07) is 1.19. The maximum absolute atomic E-state index is 11.9. The quantitative estimate of drug-likeness (QED) is 0.894. The highest BCUT2D eigenvalue weighted by Gasteiger charge is 2.18. The Bertz CT molecular complexity index is 627. The minimum absolute atomic E-state index is 0.138. The Morgan fingerprint density at radius 2 is 2.18 bits per heavy atom. The van der Waals surface area contributed by atoms with Gasteiger partial charge in [0, 0.05) is 11.6 Å². The maximum atomic E-state index is 11.9.